The lowest BCUT2D eigenvalue weighted by Crippen LogP contribution is -2.42. The summed E-state index contributed by atoms with van der Waals surface area (Å²) in [7, 11) is 0. The Morgan fingerprint density at radius 2 is 1.60 bits per heavy atom. The van der Waals surface area contributed by atoms with Crippen molar-refractivity contribution in [2.45, 2.75) is 59.2 Å². The molecule has 0 aliphatic heterocycles. The average molecular weight is 660 g/mol. The lowest BCUT2D eigenvalue weighted by molar-refractivity contribution is 0.498. The predicted octanol–water partition coefficient (Wildman–Crippen LogP) is 6.92. The SMILES string of the molecule is CC(C)c1nc2ccn(Cc3cccc(-c4cccc(N(S(=O)[O-])C(C)(C)C)c4)c3)c(=O)c2n1Cc1ccc2ccc(C(=N)N)cc2c1. The minimum absolute atomic E-state index is 0.0220. The van der Waals surface area contributed by atoms with Crippen LogP contribution in [0.2, 0.25) is 0 Å². The highest BCUT2D eigenvalue weighted by molar-refractivity contribution is 7.80. The largest absolute Gasteiger partial charge is 0.755 e. The third-order valence-corrected chi connectivity index (χ3v) is 9.48. The molecule has 4 aromatic carbocycles. The summed E-state index contributed by atoms with van der Waals surface area (Å²) in [4.78, 5) is 19.0. The van der Waals surface area contributed by atoms with Gasteiger partial charge in [0.15, 0.2) is 0 Å². The molecule has 0 spiro atoms. The van der Waals surface area contributed by atoms with Gasteiger partial charge in [-0.1, -0.05) is 68.4 Å². The zero-order chi connectivity index (χ0) is 34.3. The van der Waals surface area contributed by atoms with Crippen molar-refractivity contribution >= 4 is 44.6 Å². The molecule has 1 atom stereocenters. The van der Waals surface area contributed by atoms with E-state index in [4.69, 9.17) is 16.1 Å². The number of pyridine rings is 1. The molecular formula is C38H39N6O3S-. The van der Waals surface area contributed by atoms with Crippen molar-refractivity contribution in [3.8, 4) is 11.1 Å². The Morgan fingerprint density at radius 1 is 0.917 bits per heavy atom. The van der Waals surface area contributed by atoms with Crippen LogP contribution in [0.5, 0.6) is 0 Å². The van der Waals surface area contributed by atoms with Crippen molar-refractivity contribution < 1.29 is 8.76 Å². The molecule has 1 unspecified atom stereocenters. The second-order valence-electron chi connectivity index (χ2n) is 13.4. The van der Waals surface area contributed by atoms with Gasteiger partial charge in [0.2, 0.25) is 0 Å². The maximum atomic E-state index is 14.1. The summed E-state index contributed by atoms with van der Waals surface area (Å²) in [6.45, 7) is 10.5. The molecule has 2 aromatic heterocycles. The number of fused-ring (bicyclic) bond motifs is 2. The quantitative estimate of drug-likeness (QED) is 0.0988. The van der Waals surface area contributed by atoms with Gasteiger partial charge in [-0.15, -0.1) is 0 Å². The number of hydrogen-bond acceptors (Lipinski definition) is 5. The van der Waals surface area contributed by atoms with Gasteiger partial charge in [-0.05, 0) is 90.2 Å². The number of nitrogen functional groups attached to an aromatic ring is 1. The number of benzene rings is 4. The fraction of sp³-hybridized carbons (Fsp3) is 0.237. The fourth-order valence-electron chi connectivity index (χ4n) is 6.22. The molecule has 48 heavy (non-hydrogen) atoms. The van der Waals surface area contributed by atoms with E-state index < -0.39 is 16.8 Å². The average Bonchev–Trinajstić information content (AvgIpc) is 3.40. The van der Waals surface area contributed by atoms with Crippen LogP contribution in [0.3, 0.4) is 0 Å². The molecule has 3 N–H and O–H groups in total. The van der Waals surface area contributed by atoms with Crippen LogP contribution in [0.4, 0.5) is 5.69 Å². The summed E-state index contributed by atoms with van der Waals surface area (Å²) in [6, 6.07) is 29.2. The van der Waals surface area contributed by atoms with Gasteiger partial charge < -0.3 is 19.4 Å². The number of rotatable bonds is 9. The maximum absolute atomic E-state index is 14.1. The first kappa shape index (κ1) is 32.9. The van der Waals surface area contributed by atoms with Crippen LogP contribution >= 0.6 is 0 Å². The van der Waals surface area contributed by atoms with E-state index >= 15 is 0 Å². The summed E-state index contributed by atoms with van der Waals surface area (Å²) in [5, 5.41) is 9.86. The molecule has 0 amide bonds. The number of imidazole rings is 1. The smallest absolute Gasteiger partial charge is 0.277 e. The van der Waals surface area contributed by atoms with E-state index in [-0.39, 0.29) is 17.3 Å². The van der Waals surface area contributed by atoms with Gasteiger partial charge in [-0.3, -0.25) is 18.7 Å². The van der Waals surface area contributed by atoms with Gasteiger partial charge in [-0.2, -0.15) is 0 Å². The molecule has 0 fully saturated rings. The zero-order valence-electron chi connectivity index (χ0n) is 27.7. The number of aromatic nitrogens is 3. The summed E-state index contributed by atoms with van der Waals surface area (Å²) < 4.78 is 29.3. The van der Waals surface area contributed by atoms with Crippen molar-refractivity contribution in [3.05, 3.63) is 130 Å². The van der Waals surface area contributed by atoms with Gasteiger partial charge >= 0.3 is 0 Å². The minimum Gasteiger partial charge on any atom is -0.755 e. The Hall–Kier alpha value is -5.06. The summed E-state index contributed by atoms with van der Waals surface area (Å²) in [6.07, 6.45) is 1.80. The Bertz CT molecular complexity index is 2260. The second kappa shape index (κ2) is 12.9. The second-order valence-corrected chi connectivity index (χ2v) is 14.2. The van der Waals surface area contributed by atoms with Crippen LogP contribution in [0.15, 0.2) is 102 Å². The molecule has 0 aliphatic carbocycles. The summed E-state index contributed by atoms with van der Waals surface area (Å²) >= 11 is -2.43. The zero-order valence-corrected chi connectivity index (χ0v) is 28.5. The molecular weight excluding hydrogens is 621 g/mol. The van der Waals surface area contributed by atoms with E-state index in [1.54, 1.807) is 16.8 Å². The number of nitrogens with two attached hydrogens (primary N) is 1. The first-order chi connectivity index (χ1) is 22.8. The van der Waals surface area contributed by atoms with Gasteiger partial charge in [0.05, 0.1) is 12.1 Å². The number of nitrogens with zero attached hydrogens (tertiary/aromatic N) is 4. The summed E-state index contributed by atoms with van der Waals surface area (Å²) in [5.74, 6) is 0.951. The Balaban J connectivity index is 1.35. The minimum atomic E-state index is -2.43. The molecule has 2 heterocycles. The van der Waals surface area contributed by atoms with Crippen molar-refractivity contribution in [1.82, 2.24) is 14.1 Å². The normalized spacial score (nSPS) is 12.6. The van der Waals surface area contributed by atoms with Gasteiger partial charge in [0.25, 0.3) is 5.56 Å². The van der Waals surface area contributed by atoms with Crippen LogP contribution in [0.25, 0.3) is 32.9 Å². The van der Waals surface area contributed by atoms with E-state index in [1.165, 1.54) is 4.31 Å². The Kier molecular flexibility index (Phi) is 8.80. The van der Waals surface area contributed by atoms with E-state index in [1.807, 2.05) is 98.1 Å². The highest BCUT2D eigenvalue weighted by Gasteiger charge is 2.23. The Morgan fingerprint density at radius 3 is 2.29 bits per heavy atom. The van der Waals surface area contributed by atoms with Crippen LogP contribution < -0.4 is 15.6 Å². The summed E-state index contributed by atoms with van der Waals surface area (Å²) in [5.41, 5.74) is 11.2. The maximum Gasteiger partial charge on any atom is 0.277 e. The molecule has 0 bridgehead atoms. The molecule has 6 aromatic rings. The van der Waals surface area contributed by atoms with E-state index in [0.717, 1.165) is 38.9 Å². The molecule has 0 saturated heterocycles. The lowest BCUT2D eigenvalue weighted by atomic mass is 10.0. The standard InChI is InChI=1S/C38H40N6O3S/c1-24(2)36-41-33-16-17-42(37(45)34(33)43(36)23-26-12-13-27-14-15-30(35(39)40)20-31(27)19-26)22-25-8-6-9-28(18-25)29-10-7-11-32(21-29)44(48(46)47)38(3,4)5/h6-21,24H,22-23H2,1-5H3,(H3,39,40)(H,46,47)/p-1. The first-order valence-corrected chi connectivity index (χ1v) is 16.9. The first-order valence-electron chi connectivity index (χ1n) is 15.9. The van der Waals surface area contributed by atoms with E-state index in [9.17, 15) is 13.6 Å². The van der Waals surface area contributed by atoms with Crippen molar-refractivity contribution in [1.29, 1.82) is 5.41 Å². The van der Waals surface area contributed by atoms with Crippen LogP contribution in [0.1, 0.15) is 63.1 Å². The van der Waals surface area contributed by atoms with E-state index in [2.05, 4.69) is 26.0 Å². The molecule has 9 nitrogen and oxygen atoms in total. The third kappa shape index (κ3) is 6.54. The molecule has 246 valence electrons. The van der Waals surface area contributed by atoms with Crippen LogP contribution in [0, 0.1) is 5.41 Å². The van der Waals surface area contributed by atoms with Gasteiger partial charge in [0, 0.05) is 46.7 Å². The van der Waals surface area contributed by atoms with Crippen molar-refractivity contribution in [2.75, 3.05) is 4.31 Å². The molecule has 0 saturated carbocycles. The number of anilines is 1. The fourth-order valence-corrected chi connectivity index (χ4v) is 6.95. The molecule has 0 radical (unpaired) electrons. The highest BCUT2D eigenvalue weighted by atomic mass is 32.2. The monoisotopic (exact) mass is 659 g/mol. The van der Waals surface area contributed by atoms with Crippen molar-refractivity contribution in [2.24, 2.45) is 5.73 Å². The number of hydrogen-bond donors (Lipinski definition) is 2. The number of amidine groups is 1. The van der Waals surface area contributed by atoms with Gasteiger partial charge in [0.1, 0.15) is 17.2 Å². The molecule has 10 heteroatoms. The third-order valence-electron chi connectivity index (χ3n) is 8.42. The molecule has 6 rings (SSSR count). The van der Waals surface area contributed by atoms with Gasteiger partial charge in [-0.25, -0.2) is 4.98 Å². The topological polar surface area (TPSA) is 133 Å². The lowest BCUT2D eigenvalue weighted by Gasteiger charge is -2.38. The highest BCUT2D eigenvalue weighted by Crippen LogP contribution is 2.30. The predicted molar refractivity (Wildman–Crippen MR) is 194 cm³/mol. The molecule has 0 aliphatic rings. The Labute approximate surface area is 282 Å². The van der Waals surface area contributed by atoms with Crippen LogP contribution in [-0.2, 0) is 24.4 Å². The van der Waals surface area contributed by atoms with Crippen LogP contribution in [-0.4, -0.2) is 34.3 Å². The van der Waals surface area contributed by atoms with E-state index in [0.29, 0.717) is 35.4 Å². The van der Waals surface area contributed by atoms with Crippen molar-refractivity contribution in [3.63, 3.8) is 0 Å². The number of nitrogens with one attached hydrogen (secondary N) is 1.